The fraction of sp³-hybridized carbons (Fsp3) is 0.467. The Labute approximate surface area is 125 Å². The van der Waals surface area contributed by atoms with Crippen LogP contribution in [0.4, 0.5) is 4.79 Å². The lowest BCUT2D eigenvalue weighted by Crippen LogP contribution is -2.16. The number of hydrogen-bond donors (Lipinski definition) is 1. The molecule has 0 bridgehead atoms. The molecule has 1 N–H and O–H groups in total. The van der Waals surface area contributed by atoms with Crippen molar-refractivity contribution in [2.75, 3.05) is 20.8 Å². The van der Waals surface area contributed by atoms with Gasteiger partial charge in [-0.05, 0) is 36.1 Å². The number of hydrazone groups is 1. The number of methoxy groups -OCH3 is 2. The molecule has 0 aliphatic rings. The van der Waals surface area contributed by atoms with Crippen LogP contribution in [0.15, 0.2) is 23.3 Å². The minimum absolute atomic E-state index is 0.590. The summed E-state index contributed by atoms with van der Waals surface area (Å²) >= 11 is 0. The van der Waals surface area contributed by atoms with Crippen molar-refractivity contribution in [1.29, 1.82) is 0 Å². The summed E-state index contributed by atoms with van der Waals surface area (Å²) in [7, 11) is 2.86. The highest BCUT2D eigenvalue weighted by Crippen LogP contribution is 2.27. The lowest BCUT2D eigenvalue weighted by molar-refractivity contribution is 0.171. The normalized spacial score (nSPS) is 10.7. The van der Waals surface area contributed by atoms with E-state index < -0.39 is 6.09 Å². The lowest BCUT2D eigenvalue weighted by atomic mass is 10.1. The number of amides is 1. The third-order valence-electron chi connectivity index (χ3n) is 2.70. The van der Waals surface area contributed by atoms with Gasteiger partial charge < -0.3 is 14.2 Å². The average molecular weight is 294 g/mol. The second-order valence-electron chi connectivity index (χ2n) is 4.80. The van der Waals surface area contributed by atoms with Crippen molar-refractivity contribution < 1.29 is 19.0 Å². The third kappa shape index (κ3) is 6.16. The maximum absolute atomic E-state index is 10.9. The topological polar surface area (TPSA) is 69.2 Å². The van der Waals surface area contributed by atoms with Crippen molar-refractivity contribution in [3.05, 3.63) is 23.8 Å². The summed E-state index contributed by atoms with van der Waals surface area (Å²) in [6.45, 7) is 4.94. The monoisotopic (exact) mass is 294 g/mol. The molecule has 6 heteroatoms. The zero-order valence-electron chi connectivity index (χ0n) is 12.9. The van der Waals surface area contributed by atoms with E-state index in [1.54, 1.807) is 13.2 Å². The summed E-state index contributed by atoms with van der Waals surface area (Å²) in [5.74, 6) is 1.91. The zero-order chi connectivity index (χ0) is 15.7. The molecule has 0 saturated carbocycles. The molecule has 0 spiro atoms. The number of ether oxygens (including phenoxy) is 3. The van der Waals surface area contributed by atoms with Crippen LogP contribution in [0.3, 0.4) is 0 Å². The van der Waals surface area contributed by atoms with Crippen LogP contribution in [0.5, 0.6) is 11.5 Å². The Morgan fingerprint density at radius 2 is 2.10 bits per heavy atom. The number of nitrogens with one attached hydrogen (secondary N) is 1. The van der Waals surface area contributed by atoms with Crippen molar-refractivity contribution >= 4 is 12.3 Å². The summed E-state index contributed by atoms with van der Waals surface area (Å²) < 4.78 is 15.4. The third-order valence-corrected chi connectivity index (χ3v) is 2.70. The first kappa shape index (κ1) is 16.8. The van der Waals surface area contributed by atoms with Crippen molar-refractivity contribution in [3.63, 3.8) is 0 Å². The molecule has 1 rings (SSSR count). The molecule has 0 unspecified atom stereocenters. The molecule has 0 atom stereocenters. The molecular formula is C15H22N2O4. The number of hydrogen-bond acceptors (Lipinski definition) is 5. The molecule has 1 amide bonds. The zero-order valence-corrected chi connectivity index (χ0v) is 12.9. The van der Waals surface area contributed by atoms with E-state index >= 15 is 0 Å². The smallest absolute Gasteiger partial charge is 0.427 e. The number of carbonyl (C=O) groups is 1. The van der Waals surface area contributed by atoms with E-state index in [9.17, 15) is 4.79 Å². The second-order valence-corrected chi connectivity index (χ2v) is 4.80. The molecule has 1 aromatic carbocycles. The van der Waals surface area contributed by atoms with E-state index in [0.717, 1.165) is 12.0 Å². The summed E-state index contributed by atoms with van der Waals surface area (Å²) in [4.78, 5) is 10.9. The lowest BCUT2D eigenvalue weighted by Gasteiger charge is -2.12. The molecule has 6 nitrogen and oxygen atoms in total. The Bertz CT molecular complexity index is 487. The van der Waals surface area contributed by atoms with Crippen molar-refractivity contribution in [3.8, 4) is 11.5 Å². The van der Waals surface area contributed by atoms with Gasteiger partial charge in [0.15, 0.2) is 11.5 Å². The molecule has 0 fully saturated rings. The maximum atomic E-state index is 10.9. The maximum Gasteiger partial charge on any atom is 0.427 e. The van der Waals surface area contributed by atoms with E-state index in [0.29, 0.717) is 24.0 Å². The van der Waals surface area contributed by atoms with E-state index in [2.05, 4.69) is 29.1 Å². The van der Waals surface area contributed by atoms with Gasteiger partial charge in [0, 0.05) is 0 Å². The van der Waals surface area contributed by atoms with Gasteiger partial charge in [-0.15, -0.1) is 0 Å². The molecular weight excluding hydrogens is 272 g/mol. The van der Waals surface area contributed by atoms with Gasteiger partial charge in [-0.3, -0.25) is 0 Å². The number of benzene rings is 1. The van der Waals surface area contributed by atoms with Gasteiger partial charge in [0.1, 0.15) is 0 Å². The Balaban J connectivity index is 2.67. The molecule has 21 heavy (non-hydrogen) atoms. The predicted octanol–water partition coefficient (Wildman–Crippen LogP) is 2.81. The van der Waals surface area contributed by atoms with Gasteiger partial charge in [-0.2, -0.15) is 5.10 Å². The Hall–Kier alpha value is -2.24. The summed E-state index contributed by atoms with van der Waals surface area (Å²) in [5.41, 5.74) is 2.99. The van der Waals surface area contributed by atoms with Crippen LogP contribution in [0, 0.1) is 5.92 Å². The fourth-order valence-electron chi connectivity index (χ4n) is 1.49. The molecule has 116 valence electrons. The second kappa shape index (κ2) is 8.84. The van der Waals surface area contributed by atoms with Crippen LogP contribution in [0.25, 0.3) is 0 Å². The van der Waals surface area contributed by atoms with Crippen LogP contribution in [-0.2, 0) is 4.74 Å². The van der Waals surface area contributed by atoms with Gasteiger partial charge in [0.05, 0.1) is 27.0 Å². The highest BCUT2D eigenvalue weighted by Gasteiger charge is 2.05. The molecule has 1 aromatic rings. The molecule has 0 saturated heterocycles. The summed E-state index contributed by atoms with van der Waals surface area (Å²) in [6.07, 6.45) is 1.86. The van der Waals surface area contributed by atoms with Crippen molar-refractivity contribution in [1.82, 2.24) is 5.43 Å². The predicted molar refractivity (Wildman–Crippen MR) is 81.1 cm³/mol. The summed E-state index contributed by atoms with van der Waals surface area (Å²) in [6, 6.07) is 5.43. The Kier molecular flexibility index (Phi) is 7.08. The van der Waals surface area contributed by atoms with E-state index in [1.807, 2.05) is 12.1 Å². The first-order valence-electron chi connectivity index (χ1n) is 6.74. The Morgan fingerprint density at radius 1 is 1.33 bits per heavy atom. The molecule has 0 aliphatic heterocycles. The fourth-order valence-corrected chi connectivity index (χ4v) is 1.49. The number of carbonyl (C=O) groups excluding carboxylic acids is 1. The largest absolute Gasteiger partial charge is 0.493 e. The highest BCUT2D eigenvalue weighted by molar-refractivity contribution is 5.82. The van der Waals surface area contributed by atoms with E-state index in [-0.39, 0.29) is 0 Å². The van der Waals surface area contributed by atoms with E-state index in [4.69, 9.17) is 9.47 Å². The summed E-state index contributed by atoms with van der Waals surface area (Å²) in [5, 5.41) is 3.76. The standard InChI is InChI=1S/C15H22N2O4/c1-11(2)7-8-21-13-6-5-12(9-14(13)19-3)10-16-17-15(18)20-4/h5-6,9-11H,7-8H2,1-4H3,(H,17,18). The van der Waals surface area contributed by atoms with Crippen LogP contribution < -0.4 is 14.9 Å². The first-order valence-corrected chi connectivity index (χ1v) is 6.74. The van der Waals surface area contributed by atoms with Crippen LogP contribution in [0.2, 0.25) is 0 Å². The number of nitrogens with zero attached hydrogens (tertiary/aromatic N) is 1. The van der Waals surface area contributed by atoms with Crippen LogP contribution in [0.1, 0.15) is 25.8 Å². The van der Waals surface area contributed by atoms with Gasteiger partial charge >= 0.3 is 6.09 Å². The molecule has 0 aliphatic carbocycles. The minimum Gasteiger partial charge on any atom is -0.493 e. The molecule has 0 aromatic heterocycles. The molecule has 0 heterocycles. The van der Waals surface area contributed by atoms with Crippen LogP contribution in [-0.4, -0.2) is 33.1 Å². The van der Waals surface area contributed by atoms with E-state index in [1.165, 1.54) is 13.3 Å². The minimum atomic E-state index is -0.619. The SMILES string of the molecule is COC(=O)NN=Cc1ccc(OCCC(C)C)c(OC)c1. The van der Waals surface area contributed by atoms with Gasteiger partial charge in [-0.25, -0.2) is 10.2 Å². The Morgan fingerprint density at radius 3 is 2.71 bits per heavy atom. The van der Waals surface area contributed by atoms with Gasteiger partial charge in [-0.1, -0.05) is 13.8 Å². The van der Waals surface area contributed by atoms with Gasteiger partial charge in [0.2, 0.25) is 0 Å². The quantitative estimate of drug-likeness (QED) is 0.620. The number of rotatable bonds is 7. The average Bonchev–Trinajstić information content (AvgIpc) is 2.47. The van der Waals surface area contributed by atoms with Crippen molar-refractivity contribution in [2.24, 2.45) is 11.0 Å². The first-order chi connectivity index (χ1) is 10.1. The van der Waals surface area contributed by atoms with Gasteiger partial charge in [0.25, 0.3) is 0 Å². The molecule has 0 radical (unpaired) electrons. The van der Waals surface area contributed by atoms with Crippen molar-refractivity contribution in [2.45, 2.75) is 20.3 Å². The highest BCUT2D eigenvalue weighted by atomic mass is 16.5. The van der Waals surface area contributed by atoms with Crippen LogP contribution >= 0.6 is 0 Å².